The zero-order valence-electron chi connectivity index (χ0n) is 8.70. The van der Waals surface area contributed by atoms with Gasteiger partial charge in [-0.2, -0.15) is 0 Å². The van der Waals surface area contributed by atoms with E-state index < -0.39 is 6.10 Å². The summed E-state index contributed by atoms with van der Waals surface area (Å²) in [4.78, 5) is 0. The molecule has 0 fully saturated rings. The summed E-state index contributed by atoms with van der Waals surface area (Å²) < 4.78 is 0.970. The fourth-order valence-corrected chi connectivity index (χ4v) is 2.38. The number of hydrogen-bond acceptors (Lipinski definition) is 1. The molecule has 88 valence electrons. The first-order valence-electron chi connectivity index (χ1n) is 4.96. The molecule has 0 aliphatic rings. The van der Waals surface area contributed by atoms with Gasteiger partial charge in [0.15, 0.2) is 0 Å². The maximum absolute atomic E-state index is 10.2. The van der Waals surface area contributed by atoms with Crippen LogP contribution >= 0.6 is 39.1 Å². The lowest BCUT2D eigenvalue weighted by Crippen LogP contribution is -1.99. The molecule has 0 spiro atoms. The number of aliphatic hydroxyl groups is 1. The normalized spacial score (nSPS) is 12.5. The second-order valence-electron chi connectivity index (χ2n) is 3.66. The third-order valence-corrected chi connectivity index (χ3v) is 3.35. The highest BCUT2D eigenvalue weighted by atomic mass is 79.9. The van der Waals surface area contributed by atoms with E-state index in [1.165, 1.54) is 0 Å². The van der Waals surface area contributed by atoms with Crippen LogP contribution in [-0.2, 0) is 0 Å². The van der Waals surface area contributed by atoms with Crippen molar-refractivity contribution in [2.75, 3.05) is 0 Å². The van der Waals surface area contributed by atoms with Crippen LogP contribution in [0.1, 0.15) is 17.2 Å². The van der Waals surface area contributed by atoms with Crippen molar-refractivity contribution < 1.29 is 5.11 Å². The van der Waals surface area contributed by atoms with Gasteiger partial charge in [-0.25, -0.2) is 0 Å². The second-order valence-corrected chi connectivity index (χ2v) is 5.45. The monoisotopic (exact) mass is 330 g/mol. The molecule has 0 aromatic heterocycles. The number of rotatable bonds is 2. The Morgan fingerprint density at radius 3 is 1.94 bits per heavy atom. The Labute approximate surface area is 118 Å². The van der Waals surface area contributed by atoms with Crippen molar-refractivity contribution in [3.63, 3.8) is 0 Å². The van der Waals surface area contributed by atoms with Gasteiger partial charge >= 0.3 is 0 Å². The molecule has 0 amide bonds. The van der Waals surface area contributed by atoms with Crippen LogP contribution in [0, 0.1) is 0 Å². The van der Waals surface area contributed by atoms with Gasteiger partial charge in [0.25, 0.3) is 0 Å². The molecule has 0 saturated heterocycles. The molecular weight excluding hydrogens is 323 g/mol. The zero-order valence-corrected chi connectivity index (χ0v) is 11.8. The Hall–Kier alpha value is -0.540. The number of benzene rings is 2. The Balaban J connectivity index is 2.36. The molecule has 0 unspecified atom stereocenters. The van der Waals surface area contributed by atoms with E-state index in [-0.39, 0.29) is 0 Å². The molecule has 1 N–H and O–H groups in total. The van der Waals surface area contributed by atoms with Crippen LogP contribution in [0.3, 0.4) is 0 Å². The average Bonchev–Trinajstić information content (AvgIpc) is 2.28. The van der Waals surface area contributed by atoms with Crippen molar-refractivity contribution in [3.05, 3.63) is 68.1 Å². The van der Waals surface area contributed by atoms with Crippen molar-refractivity contribution >= 4 is 39.1 Å². The predicted molar refractivity (Wildman–Crippen MR) is 74.7 cm³/mol. The molecule has 0 saturated carbocycles. The van der Waals surface area contributed by atoms with Gasteiger partial charge in [-0.3, -0.25) is 0 Å². The maximum atomic E-state index is 10.2. The van der Waals surface area contributed by atoms with Crippen LogP contribution in [-0.4, -0.2) is 5.11 Å². The first-order valence-corrected chi connectivity index (χ1v) is 6.50. The molecule has 2 aromatic carbocycles. The highest BCUT2D eigenvalue weighted by Crippen LogP contribution is 2.28. The first kappa shape index (κ1) is 12.9. The minimum absolute atomic E-state index is 0.517. The molecule has 4 heteroatoms. The molecule has 0 aliphatic carbocycles. The van der Waals surface area contributed by atoms with Crippen molar-refractivity contribution in [2.45, 2.75) is 6.10 Å². The molecule has 0 aliphatic heterocycles. The quantitative estimate of drug-likeness (QED) is 0.835. The van der Waals surface area contributed by atoms with Crippen molar-refractivity contribution in [1.82, 2.24) is 0 Å². The first-order chi connectivity index (χ1) is 8.06. The summed E-state index contributed by atoms with van der Waals surface area (Å²) in [5.74, 6) is 0. The molecule has 2 aromatic rings. The summed E-state index contributed by atoms with van der Waals surface area (Å²) in [6, 6.07) is 12.5. The smallest absolute Gasteiger partial charge is 0.104 e. The van der Waals surface area contributed by atoms with Crippen LogP contribution in [0.5, 0.6) is 0 Å². The topological polar surface area (TPSA) is 20.2 Å². The predicted octanol–water partition coefficient (Wildman–Crippen LogP) is 4.84. The Morgan fingerprint density at radius 2 is 1.41 bits per heavy atom. The van der Waals surface area contributed by atoms with Gasteiger partial charge in [-0.05, 0) is 41.5 Å². The van der Waals surface area contributed by atoms with Crippen molar-refractivity contribution in [1.29, 1.82) is 0 Å². The Morgan fingerprint density at radius 1 is 0.882 bits per heavy atom. The lowest BCUT2D eigenvalue weighted by Gasteiger charge is -2.12. The van der Waals surface area contributed by atoms with E-state index >= 15 is 0 Å². The summed E-state index contributed by atoms with van der Waals surface area (Å²) in [5.41, 5.74) is 1.48. The van der Waals surface area contributed by atoms with Gasteiger partial charge < -0.3 is 5.11 Å². The summed E-state index contributed by atoms with van der Waals surface area (Å²) in [6.45, 7) is 0. The second kappa shape index (κ2) is 5.40. The highest BCUT2D eigenvalue weighted by molar-refractivity contribution is 9.10. The van der Waals surface area contributed by atoms with E-state index in [0.29, 0.717) is 15.6 Å². The van der Waals surface area contributed by atoms with Crippen LogP contribution in [0.4, 0.5) is 0 Å². The minimum Gasteiger partial charge on any atom is -0.384 e. The number of halogens is 3. The Bertz CT molecular complexity index is 505. The van der Waals surface area contributed by atoms with Crippen LogP contribution in [0.2, 0.25) is 10.0 Å². The molecule has 1 atom stereocenters. The number of aliphatic hydroxyl groups excluding tert-OH is 1. The molecule has 17 heavy (non-hydrogen) atoms. The van der Waals surface area contributed by atoms with Gasteiger partial charge in [0, 0.05) is 14.5 Å². The van der Waals surface area contributed by atoms with E-state index in [4.69, 9.17) is 23.2 Å². The van der Waals surface area contributed by atoms with Gasteiger partial charge in [-0.15, -0.1) is 0 Å². The van der Waals surface area contributed by atoms with Crippen LogP contribution in [0.25, 0.3) is 0 Å². The summed E-state index contributed by atoms with van der Waals surface area (Å²) in [5, 5.41) is 11.2. The van der Waals surface area contributed by atoms with E-state index in [2.05, 4.69) is 15.9 Å². The third kappa shape index (κ3) is 3.23. The molecular formula is C13H9BrCl2O. The van der Waals surface area contributed by atoms with Gasteiger partial charge in [-0.1, -0.05) is 51.3 Å². The average molecular weight is 332 g/mol. The largest absolute Gasteiger partial charge is 0.384 e. The lowest BCUT2D eigenvalue weighted by atomic mass is 10.0. The fourth-order valence-electron chi connectivity index (χ4n) is 1.57. The fraction of sp³-hybridized carbons (Fsp3) is 0.0769. The molecule has 0 radical (unpaired) electrons. The van der Waals surface area contributed by atoms with Gasteiger partial charge in [0.05, 0.1) is 0 Å². The molecule has 2 rings (SSSR count). The van der Waals surface area contributed by atoms with Crippen molar-refractivity contribution in [2.24, 2.45) is 0 Å². The summed E-state index contributed by atoms with van der Waals surface area (Å²) in [6.07, 6.45) is -0.723. The van der Waals surface area contributed by atoms with Crippen molar-refractivity contribution in [3.8, 4) is 0 Å². The molecule has 0 heterocycles. The van der Waals surface area contributed by atoms with E-state index in [9.17, 15) is 5.11 Å². The molecule has 1 nitrogen and oxygen atoms in total. The van der Waals surface area contributed by atoms with Gasteiger partial charge in [0.1, 0.15) is 6.10 Å². The maximum Gasteiger partial charge on any atom is 0.104 e. The number of hydrogen-bond donors (Lipinski definition) is 1. The minimum atomic E-state index is -0.723. The molecule has 0 bridgehead atoms. The summed E-state index contributed by atoms with van der Waals surface area (Å²) in [7, 11) is 0. The van der Waals surface area contributed by atoms with E-state index in [1.807, 2.05) is 24.3 Å². The third-order valence-electron chi connectivity index (χ3n) is 2.39. The SMILES string of the molecule is O[C@H](c1ccc(Br)cc1)c1cc(Cl)cc(Cl)c1. The van der Waals surface area contributed by atoms with Gasteiger partial charge in [0.2, 0.25) is 0 Å². The van der Waals surface area contributed by atoms with Crippen LogP contribution < -0.4 is 0 Å². The lowest BCUT2D eigenvalue weighted by molar-refractivity contribution is 0.220. The van der Waals surface area contributed by atoms with E-state index in [0.717, 1.165) is 10.0 Å². The van der Waals surface area contributed by atoms with E-state index in [1.54, 1.807) is 18.2 Å². The Kier molecular flexibility index (Phi) is 4.10. The summed E-state index contributed by atoms with van der Waals surface area (Å²) >= 11 is 15.2. The van der Waals surface area contributed by atoms with Crippen LogP contribution in [0.15, 0.2) is 46.9 Å². The highest BCUT2D eigenvalue weighted by Gasteiger charge is 2.11. The standard InChI is InChI=1S/C13H9BrCl2O/c14-10-3-1-8(2-4-10)13(17)9-5-11(15)7-12(16)6-9/h1-7,13,17H/t13-/m1/s1. The zero-order chi connectivity index (χ0) is 12.4.